The number of fused-ring (bicyclic) bond motifs is 1. The Kier molecular flexibility index (Phi) is 4.04. The van der Waals surface area contributed by atoms with Crippen molar-refractivity contribution >= 4 is 11.9 Å². The maximum absolute atomic E-state index is 12.8. The number of carbonyl (C=O) groups excluding carboxylic acids is 1. The standard InChI is InChI=1S/C19H18N6O3/c26-18(14-6-7-16-17(12-14)28-13-27-16)23-8-10-24(11-9-23)19-20-21-22-25(19)15-4-2-1-3-5-15/h1-7,12H,8-11,13H2. The van der Waals surface area contributed by atoms with Gasteiger partial charge in [-0.1, -0.05) is 23.3 Å². The van der Waals surface area contributed by atoms with Crippen LogP contribution in [-0.4, -0.2) is 64.0 Å². The first-order valence-corrected chi connectivity index (χ1v) is 9.07. The topological polar surface area (TPSA) is 85.6 Å². The lowest BCUT2D eigenvalue weighted by molar-refractivity contribution is 0.0745. The van der Waals surface area contributed by atoms with E-state index in [1.54, 1.807) is 22.9 Å². The van der Waals surface area contributed by atoms with E-state index in [-0.39, 0.29) is 12.7 Å². The van der Waals surface area contributed by atoms with Crippen LogP contribution in [0.15, 0.2) is 48.5 Å². The third kappa shape index (κ3) is 2.90. The average molecular weight is 378 g/mol. The zero-order valence-corrected chi connectivity index (χ0v) is 15.1. The molecule has 0 aliphatic carbocycles. The van der Waals surface area contributed by atoms with Crippen molar-refractivity contribution in [3.05, 3.63) is 54.1 Å². The maximum Gasteiger partial charge on any atom is 0.254 e. The van der Waals surface area contributed by atoms with E-state index in [2.05, 4.69) is 20.4 Å². The molecule has 1 saturated heterocycles. The summed E-state index contributed by atoms with van der Waals surface area (Å²) in [5.74, 6) is 1.96. The molecule has 142 valence electrons. The van der Waals surface area contributed by atoms with Crippen LogP contribution in [0.1, 0.15) is 10.4 Å². The van der Waals surface area contributed by atoms with Gasteiger partial charge in [0.05, 0.1) is 5.69 Å². The van der Waals surface area contributed by atoms with Crippen molar-refractivity contribution in [2.45, 2.75) is 0 Å². The molecule has 2 aliphatic rings. The van der Waals surface area contributed by atoms with Gasteiger partial charge in [-0.25, -0.2) is 0 Å². The second-order valence-electron chi connectivity index (χ2n) is 6.57. The lowest BCUT2D eigenvalue weighted by Crippen LogP contribution is -2.49. The molecule has 5 rings (SSSR count). The monoisotopic (exact) mass is 378 g/mol. The SMILES string of the molecule is O=C(c1ccc2c(c1)OCO2)N1CCN(c2nnnn2-c2ccccc2)CC1. The molecule has 0 bridgehead atoms. The predicted molar refractivity (Wildman–Crippen MR) is 99.8 cm³/mol. The fourth-order valence-electron chi connectivity index (χ4n) is 3.44. The molecule has 9 heteroatoms. The zero-order valence-electron chi connectivity index (χ0n) is 15.1. The van der Waals surface area contributed by atoms with E-state index in [0.29, 0.717) is 49.2 Å². The second-order valence-corrected chi connectivity index (χ2v) is 6.57. The number of hydrogen-bond acceptors (Lipinski definition) is 7. The van der Waals surface area contributed by atoms with Gasteiger partial charge in [0.2, 0.25) is 12.7 Å². The summed E-state index contributed by atoms with van der Waals surface area (Å²) >= 11 is 0. The smallest absolute Gasteiger partial charge is 0.254 e. The Morgan fingerprint density at radius 1 is 0.929 bits per heavy atom. The second kappa shape index (κ2) is 6.84. The number of ether oxygens (including phenoxy) is 2. The van der Waals surface area contributed by atoms with Crippen LogP contribution in [0.2, 0.25) is 0 Å². The minimum Gasteiger partial charge on any atom is -0.454 e. The lowest BCUT2D eigenvalue weighted by atomic mass is 10.1. The van der Waals surface area contributed by atoms with Gasteiger partial charge < -0.3 is 19.3 Å². The van der Waals surface area contributed by atoms with E-state index in [9.17, 15) is 4.79 Å². The number of carbonyl (C=O) groups is 1. The Labute approximate surface area is 161 Å². The molecular formula is C19H18N6O3. The minimum atomic E-state index is -0.0133. The summed E-state index contributed by atoms with van der Waals surface area (Å²) in [5.41, 5.74) is 1.51. The predicted octanol–water partition coefficient (Wildman–Crippen LogP) is 1.35. The number of amides is 1. The summed E-state index contributed by atoms with van der Waals surface area (Å²) in [6.07, 6.45) is 0. The summed E-state index contributed by atoms with van der Waals surface area (Å²) in [6.45, 7) is 2.69. The highest BCUT2D eigenvalue weighted by molar-refractivity contribution is 5.95. The van der Waals surface area contributed by atoms with Crippen LogP contribution in [0.25, 0.3) is 5.69 Å². The van der Waals surface area contributed by atoms with E-state index < -0.39 is 0 Å². The molecule has 3 heterocycles. The molecule has 1 aromatic heterocycles. The van der Waals surface area contributed by atoms with Crippen molar-refractivity contribution in [1.29, 1.82) is 0 Å². The number of benzene rings is 2. The van der Waals surface area contributed by atoms with Gasteiger partial charge in [-0.05, 0) is 40.8 Å². The number of para-hydroxylation sites is 1. The molecule has 2 aliphatic heterocycles. The van der Waals surface area contributed by atoms with Crippen molar-refractivity contribution in [2.24, 2.45) is 0 Å². The number of aromatic nitrogens is 4. The first-order chi connectivity index (χ1) is 13.8. The molecule has 1 fully saturated rings. The molecule has 2 aromatic carbocycles. The van der Waals surface area contributed by atoms with Crippen molar-refractivity contribution in [1.82, 2.24) is 25.1 Å². The molecule has 0 radical (unpaired) electrons. The van der Waals surface area contributed by atoms with Gasteiger partial charge in [-0.15, -0.1) is 0 Å². The Hall–Kier alpha value is -3.62. The number of rotatable bonds is 3. The van der Waals surface area contributed by atoms with Crippen LogP contribution in [-0.2, 0) is 0 Å². The highest BCUT2D eigenvalue weighted by Crippen LogP contribution is 2.33. The number of tetrazole rings is 1. The van der Waals surface area contributed by atoms with Crippen LogP contribution in [0.3, 0.4) is 0 Å². The Morgan fingerprint density at radius 3 is 2.54 bits per heavy atom. The first-order valence-electron chi connectivity index (χ1n) is 9.07. The number of anilines is 1. The highest BCUT2D eigenvalue weighted by atomic mass is 16.7. The third-order valence-corrected chi connectivity index (χ3v) is 4.92. The van der Waals surface area contributed by atoms with Crippen molar-refractivity contribution < 1.29 is 14.3 Å². The molecule has 0 atom stereocenters. The molecule has 0 saturated carbocycles. The van der Waals surface area contributed by atoms with Gasteiger partial charge in [-0.2, -0.15) is 4.68 Å². The van der Waals surface area contributed by atoms with Crippen LogP contribution in [0.5, 0.6) is 11.5 Å². The van der Waals surface area contributed by atoms with Crippen molar-refractivity contribution in [2.75, 3.05) is 37.9 Å². The van der Waals surface area contributed by atoms with E-state index in [1.807, 2.05) is 35.2 Å². The van der Waals surface area contributed by atoms with Crippen LogP contribution in [0.4, 0.5) is 5.95 Å². The Morgan fingerprint density at radius 2 is 1.71 bits per heavy atom. The third-order valence-electron chi connectivity index (χ3n) is 4.92. The van der Waals surface area contributed by atoms with Crippen LogP contribution < -0.4 is 14.4 Å². The Bertz CT molecular complexity index is 998. The van der Waals surface area contributed by atoms with Gasteiger partial charge in [0.25, 0.3) is 5.91 Å². The molecule has 0 unspecified atom stereocenters. The van der Waals surface area contributed by atoms with E-state index >= 15 is 0 Å². The lowest BCUT2D eigenvalue weighted by Gasteiger charge is -2.34. The van der Waals surface area contributed by atoms with Gasteiger partial charge in [-0.3, -0.25) is 4.79 Å². The quantitative estimate of drug-likeness (QED) is 0.680. The first kappa shape index (κ1) is 16.5. The number of piperazine rings is 1. The van der Waals surface area contributed by atoms with Crippen LogP contribution >= 0.6 is 0 Å². The van der Waals surface area contributed by atoms with Gasteiger partial charge >= 0.3 is 0 Å². The van der Waals surface area contributed by atoms with Crippen molar-refractivity contribution in [3.63, 3.8) is 0 Å². The Balaban J connectivity index is 1.28. The maximum atomic E-state index is 12.8. The largest absolute Gasteiger partial charge is 0.454 e. The zero-order chi connectivity index (χ0) is 18.9. The average Bonchev–Trinajstić information content (AvgIpc) is 3.43. The summed E-state index contributed by atoms with van der Waals surface area (Å²) in [6, 6.07) is 15.1. The molecule has 0 N–H and O–H groups in total. The van der Waals surface area contributed by atoms with Gasteiger partial charge in [0, 0.05) is 31.7 Å². The molecule has 1 amide bonds. The molecule has 28 heavy (non-hydrogen) atoms. The van der Waals surface area contributed by atoms with Crippen molar-refractivity contribution in [3.8, 4) is 17.2 Å². The number of hydrogen-bond donors (Lipinski definition) is 0. The van der Waals surface area contributed by atoms with E-state index in [0.717, 1.165) is 5.69 Å². The summed E-state index contributed by atoms with van der Waals surface area (Å²) in [7, 11) is 0. The fraction of sp³-hybridized carbons (Fsp3) is 0.263. The summed E-state index contributed by atoms with van der Waals surface area (Å²) < 4.78 is 12.4. The summed E-state index contributed by atoms with van der Waals surface area (Å²) in [5, 5.41) is 12.1. The van der Waals surface area contributed by atoms with E-state index in [1.165, 1.54) is 0 Å². The van der Waals surface area contributed by atoms with Gasteiger partial charge in [0.15, 0.2) is 11.5 Å². The molecule has 3 aromatic rings. The highest BCUT2D eigenvalue weighted by Gasteiger charge is 2.26. The normalized spacial score (nSPS) is 15.7. The number of nitrogens with zero attached hydrogens (tertiary/aromatic N) is 6. The minimum absolute atomic E-state index is 0.0133. The molecule has 0 spiro atoms. The summed E-state index contributed by atoms with van der Waals surface area (Å²) in [4.78, 5) is 16.8. The fourth-order valence-corrected chi connectivity index (χ4v) is 3.44. The van der Waals surface area contributed by atoms with Crippen LogP contribution in [0, 0.1) is 0 Å². The molecular weight excluding hydrogens is 360 g/mol. The van der Waals surface area contributed by atoms with Gasteiger partial charge in [0.1, 0.15) is 0 Å². The van der Waals surface area contributed by atoms with E-state index in [4.69, 9.17) is 9.47 Å². The molecule has 9 nitrogen and oxygen atoms in total.